The van der Waals surface area contributed by atoms with E-state index in [-0.39, 0.29) is 49.2 Å². The number of alkyl halides is 1. The van der Waals surface area contributed by atoms with E-state index in [1.165, 1.54) is 12.1 Å². The van der Waals surface area contributed by atoms with Crippen LogP contribution in [0.1, 0.15) is 76.2 Å². The van der Waals surface area contributed by atoms with Gasteiger partial charge in [0.25, 0.3) is 11.8 Å². The minimum Gasteiger partial charge on any atom is -0.481 e. The topological polar surface area (TPSA) is 274 Å². The fourth-order valence-electron chi connectivity index (χ4n) is 4.43. The number of ether oxygens (including phenoxy) is 1. The number of nitrogens with zero attached hydrogens (tertiary/aromatic N) is 1. The number of carboxylic acids is 4. The number of carbonyl (C=O) groups is 7. The maximum Gasteiger partial charge on any atom is 0.394 e. The van der Waals surface area contributed by atoms with Crippen LogP contribution in [-0.4, -0.2) is 92.3 Å². The quantitative estimate of drug-likeness (QED) is 0.0807. The second-order valence-electron chi connectivity index (χ2n) is 10.0. The molecule has 6 N–H and O–H groups in total. The van der Waals surface area contributed by atoms with Gasteiger partial charge in [0.2, 0.25) is 0 Å². The number of benzene rings is 2. The molecule has 0 aliphatic carbocycles. The molecule has 2 aromatic carbocycles. The summed E-state index contributed by atoms with van der Waals surface area (Å²) in [5.74, 6) is -6.83. The van der Waals surface area contributed by atoms with Gasteiger partial charge in [0, 0.05) is 18.4 Å². The second-order valence-corrected chi connectivity index (χ2v) is 13.0. The molecule has 2 heterocycles. The predicted octanol–water partition coefficient (Wildman–Crippen LogP) is 3.34. The van der Waals surface area contributed by atoms with Crippen LogP contribution in [0, 0.1) is 0 Å². The molecule has 2 aliphatic heterocycles. The number of imide groups is 1. The highest BCUT2D eigenvalue weighted by Gasteiger charge is 2.60. The molecule has 0 aromatic heterocycles. The zero-order chi connectivity index (χ0) is 37.1. The van der Waals surface area contributed by atoms with Gasteiger partial charge < -0.3 is 39.9 Å². The summed E-state index contributed by atoms with van der Waals surface area (Å²) in [6.45, 7) is 3.58. The minimum absolute atomic E-state index is 0.0231. The number of nitrogens with two attached hydrogens (primary N) is 1. The van der Waals surface area contributed by atoms with Gasteiger partial charge in [0.1, 0.15) is 12.1 Å². The summed E-state index contributed by atoms with van der Waals surface area (Å²) >= 11 is 6.30. The lowest BCUT2D eigenvalue weighted by atomic mass is 10.1. The number of halogens is 1. The van der Waals surface area contributed by atoms with Crippen molar-refractivity contribution in [1.82, 2.24) is 4.90 Å². The molecule has 0 spiro atoms. The van der Waals surface area contributed by atoms with Gasteiger partial charge in [-0.25, -0.2) is 9.59 Å². The molecule has 4 rings (SSSR count). The molecule has 266 valence electrons. The van der Waals surface area contributed by atoms with Crippen molar-refractivity contribution in [2.75, 3.05) is 13.2 Å². The lowest BCUT2D eigenvalue weighted by Gasteiger charge is -2.29. The molecule has 3 atom stereocenters. The number of hydrogen-bond donors (Lipinski definition) is 5. The van der Waals surface area contributed by atoms with Gasteiger partial charge in [-0.05, 0) is 44.9 Å². The largest absolute Gasteiger partial charge is 0.481 e. The average molecular weight is 729 g/mol. The maximum absolute atomic E-state index is 12.8. The third kappa shape index (κ3) is 9.70. The first-order valence-corrected chi connectivity index (χ1v) is 16.4. The number of fused-ring (bicyclic) bond motifs is 2. The average Bonchev–Trinajstić information content (AvgIpc) is 3.46. The molecule has 0 saturated heterocycles. The summed E-state index contributed by atoms with van der Waals surface area (Å²) in [6.07, 6.45) is -0.987. The Labute approximate surface area is 284 Å². The number of carbonyl (C=O) groups excluding carboxylic acids is 3. The fraction of sp³-hybridized carbons (Fsp3) is 0.367. The lowest BCUT2D eigenvalue weighted by molar-refractivity contribution is -0.143. The summed E-state index contributed by atoms with van der Waals surface area (Å²) < 4.78 is 28.3. The summed E-state index contributed by atoms with van der Waals surface area (Å²) in [5.41, 5.74) is 5.87. The molecule has 49 heavy (non-hydrogen) atoms. The van der Waals surface area contributed by atoms with E-state index in [1.54, 1.807) is 50.2 Å². The number of amides is 2. The summed E-state index contributed by atoms with van der Waals surface area (Å²) in [7, 11) is -3.83. The van der Waals surface area contributed by atoms with Crippen LogP contribution < -0.4 is 5.73 Å². The van der Waals surface area contributed by atoms with Crippen LogP contribution in [0.2, 0.25) is 0 Å². The van der Waals surface area contributed by atoms with Crippen molar-refractivity contribution in [3.8, 4) is 0 Å². The zero-order valence-electron chi connectivity index (χ0n) is 26.1. The van der Waals surface area contributed by atoms with E-state index < -0.39 is 72.6 Å². The SMILES string of the molecule is CCOP(=O)(OCC)C1(Cl)OC(=O)c2ccccc21.N[C@@H](CCC(=O)O)C(=O)O.O=C(O)CC[C@@H](C(=O)O)N1C(=O)c2ccccc2C1=O. The molecule has 0 bridgehead atoms. The van der Waals surface area contributed by atoms with Crippen molar-refractivity contribution >= 4 is 60.9 Å². The summed E-state index contributed by atoms with van der Waals surface area (Å²) in [6, 6.07) is 9.98. The van der Waals surface area contributed by atoms with Gasteiger partial charge in [-0.2, -0.15) is 0 Å². The van der Waals surface area contributed by atoms with Crippen LogP contribution in [0.15, 0.2) is 48.5 Å². The smallest absolute Gasteiger partial charge is 0.394 e. The van der Waals surface area contributed by atoms with Crippen LogP contribution in [0.25, 0.3) is 0 Å². The maximum atomic E-state index is 12.8. The van der Waals surface area contributed by atoms with Gasteiger partial charge in [0.15, 0.2) is 0 Å². The molecule has 0 saturated carbocycles. The van der Waals surface area contributed by atoms with E-state index in [0.717, 1.165) is 0 Å². The Morgan fingerprint density at radius 2 is 1.27 bits per heavy atom. The first-order valence-electron chi connectivity index (χ1n) is 14.5. The Morgan fingerprint density at radius 1 is 0.816 bits per heavy atom. The number of esters is 1. The van der Waals surface area contributed by atoms with Gasteiger partial charge in [-0.15, -0.1) is 0 Å². The number of aliphatic carboxylic acids is 4. The van der Waals surface area contributed by atoms with Gasteiger partial charge in [0.05, 0.1) is 29.9 Å². The zero-order valence-corrected chi connectivity index (χ0v) is 27.8. The predicted molar refractivity (Wildman–Crippen MR) is 168 cm³/mol. The highest BCUT2D eigenvalue weighted by Crippen LogP contribution is 2.70. The summed E-state index contributed by atoms with van der Waals surface area (Å²) in [4.78, 5) is 76.3. The van der Waals surface area contributed by atoms with E-state index in [1.807, 2.05) is 0 Å². The molecule has 0 radical (unpaired) electrons. The van der Waals surface area contributed by atoms with Gasteiger partial charge in [-0.1, -0.05) is 41.9 Å². The normalized spacial score (nSPS) is 17.3. The van der Waals surface area contributed by atoms with Crippen molar-refractivity contribution in [2.45, 2.75) is 56.4 Å². The highest BCUT2D eigenvalue weighted by molar-refractivity contribution is 7.57. The number of carboxylic acid groups (broad SMARTS) is 4. The van der Waals surface area contributed by atoms with Crippen LogP contribution in [0.3, 0.4) is 0 Å². The molecule has 0 fully saturated rings. The first-order chi connectivity index (χ1) is 22.9. The van der Waals surface area contributed by atoms with Gasteiger partial charge in [-0.3, -0.25) is 33.4 Å². The van der Waals surface area contributed by atoms with E-state index in [0.29, 0.717) is 10.5 Å². The van der Waals surface area contributed by atoms with Crippen molar-refractivity contribution in [3.63, 3.8) is 0 Å². The van der Waals surface area contributed by atoms with E-state index in [9.17, 15) is 38.1 Å². The van der Waals surface area contributed by atoms with Crippen LogP contribution in [0.4, 0.5) is 0 Å². The molecule has 1 unspecified atom stereocenters. The van der Waals surface area contributed by atoms with Gasteiger partial charge >= 0.3 is 42.2 Å². The Balaban J connectivity index is 0.000000270. The van der Waals surface area contributed by atoms with E-state index in [4.69, 9.17) is 51.5 Å². The molecule has 2 aliphatic rings. The Hall–Kier alpha value is -4.67. The highest BCUT2D eigenvalue weighted by atomic mass is 35.5. The third-order valence-electron chi connectivity index (χ3n) is 6.70. The van der Waals surface area contributed by atoms with Crippen molar-refractivity contribution < 1.29 is 72.3 Å². The standard InChI is InChI=1S/C13H11NO6.C12H14ClO5P.C5H9NO4/c15-10(16)6-5-9(13(19)20)14-11(17)7-3-1-2-4-8(7)12(14)18;1-3-16-19(15,17-4-2)12(13)10-8-6-5-7-9(10)11(14)18-12;6-3(5(9)10)1-2-4(7)8/h1-4,9H,5-6H2,(H,15,16)(H,19,20);5-8H,3-4H2,1-2H3;3H,1-2,6H2,(H,7,8)(H,9,10)/t9-;;3-/m0.0/s1. The van der Waals surface area contributed by atoms with Crippen LogP contribution >= 0.6 is 19.2 Å². The molecular weight excluding hydrogens is 695 g/mol. The molecule has 19 heteroatoms. The van der Waals surface area contributed by atoms with Crippen molar-refractivity contribution in [3.05, 3.63) is 70.8 Å². The fourth-order valence-corrected chi connectivity index (χ4v) is 6.72. The number of hydrogen-bond acceptors (Lipinski definition) is 12. The Bertz CT molecular complexity index is 1610. The molecule has 2 amide bonds. The third-order valence-corrected chi connectivity index (χ3v) is 9.83. The monoisotopic (exact) mass is 728 g/mol. The molecule has 2 aromatic rings. The lowest BCUT2D eigenvalue weighted by Crippen LogP contribution is -2.45. The minimum atomic E-state index is -3.83. The number of rotatable bonds is 14. The Kier molecular flexibility index (Phi) is 14.6. The van der Waals surface area contributed by atoms with E-state index >= 15 is 0 Å². The second kappa shape index (κ2) is 17.6. The van der Waals surface area contributed by atoms with Crippen LogP contribution in [0.5, 0.6) is 0 Å². The Morgan fingerprint density at radius 3 is 1.69 bits per heavy atom. The molecular formula is C30H34ClN2O15P. The van der Waals surface area contributed by atoms with Crippen molar-refractivity contribution in [2.24, 2.45) is 5.73 Å². The summed E-state index contributed by atoms with van der Waals surface area (Å²) in [5, 5.41) is 34.0. The first kappa shape index (κ1) is 40.5. The van der Waals surface area contributed by atoms with Crippen molar-refractivity contribution in [1.29, 1.82) is 0 Å². The van der Waals surface area contributed by atoms with E-state index in [2.05, 4.69) is 0 Å². The molecule has 17 nitrogen and oxygen atoms in total. The number of cyclic esters (lactones) is 1. The van der Waals surface area contributed by atoms with Crippen LogP contribution in [-0.2, 0) is 42.3 Å².